The molecule has 5 heteroatoms. The van der Waals surface area contributed by atoms with E-state index in [4.69, 9.17) is 23.2 Å². The third kappa shape index (κ3) is 2.55. The zero-order valence-corrected chi connectivity index (χ0v) is 9.86. The Bertz CT molecular complexity index is 471. The number of nitrogens with zero attached hydrogens (tertiary/aromatic N) is 2. The second-order valence-corrected chi connectivity index (χ2v) is 4.28. The Morgan fingerprint density at radius 3 is 2.81 bits per heavy atom. The molecule has 0 spiro atoms. The molecule has 0 aliphatic rings. The monoisotopic (exact) mass is 256 g/mol. The lowest BCUT2D eigenvalue weighted by atomic mass is 10.1. The maximum Gasteiger partial charge on any atom is 0.0983 e. The lowest BCUT2D eigenvalue weighted by Crippen LogP contribution is -2.07. The van der Waals surface area contributed by atoms with E-state index in [1.807, 2.05) is 0 Å². The maximum atomic E-state index is 9.99. The van der Waals surface area contributed by atoms with Crippen molar-refractivity contribution >= 4 is 23.2 Å². The summed E-state index contributed by atoms with van der Waals surface area (Å²) in [6.45, 7) is 0.418. The molecule has 1 N–H and O–H groups in total. The van der Waals surface area contributed by atoms with Gasteiger partial charge in [-0.1, -0.05) is 29.3 Å². The van der Waals surface area contributed by atoms with E-state index in [1.165, 1.54) is 0 Å². The zero-order valence-electron chi connectivity index (χ0n) is 8.35. The topological polar surface area (TPSA) is 38.0 Å². The quantitative estimate of drug-likeness (QED) is 0.917. The first-order valence-electron chi connectivity index (χ1n) is 4.75. The molecule has 1 aromatic carbocycles. The zero-order chi connectivity index (χ0) is 11.5. The van der Waals surface area contributed by atoms with E-state index in [2.05, 4.69) is 4.98 Å². The van der Waals surface area contributed by atoms with Gasteiger partial charge in [0, 0.05) is 28.0 Å². The van der Waals surface area contributed by atoms with Crippen LogP contribution in [0.1, 0.15) is 11.7 Å². The standard InChI is InChI=1S/C11H10Cl2N2O/c12-8-1-2-9(10(13)5-8)11(16)6-15-4-3-14-7-15/h1-5,7,11,16H,6H2/t11-/m1/s1. The van der Waals surface area contributed by atoms with E-state index >= 15 is 0 Å². The third-order valence-corrected chi connectivity index (χ3v) is 2.83. The van der Waals surface area contributed by atoms with Gasteiger partial charge in [0.05, 0.1) is 19.0 Å². The number of halogens is 2. The number of aliphatic hydroxyl groups excluding tert-OH is 1. The fourth-order valence-electron chi connectivity index (χ4n) is 1.46. The van der Waals surface area contributed by atoms with E-state index in [9.17, 15) is 5.11 Å². The first kappa shape index (κ1) is 11.5. The van der Waals surface area contributed by atoms with Crippen LogP contribution in [-0.2, 0) is 6.54 Å². The summed E-state index contributed by atoms with van der Waals surface area (Å²) in [4.78, 5) is 3.90. The number of imidazole rings is 1. The van der Waals surface area contributed by atoms with Crippen LogP contribution in [0.5, 0.6) is 0 Å². The van der Waals surface area contributed by atoms with E-state index < -0.39 is 6.10 Å². The van der Waals surface area contributed by atoms with Gasteiger partial charge in [0.25, 0.3) is 0 Å². The Balaban J connectivity index is 2.17. The van der Waals surface area contributed by atoms with Gasteiger partial charge >= 0.3 is 0 Å². The second-order valence-electron chi connectivity index (χ2n) is 3.44. The summed E-state index contributed by atoms with van der Waals surface area (Å²) in [6.07, 6.45) is 4.43. The molecule has 1 atom stereocenters. The van der Waals surface area contributed by atoms with Crippen LogP contribution < -0.4 is 0 Å². The molecule has 1 heterocycles. The van der Waals surface area contributed by atoms with Crippen molar-refractivity contribution in [3.8, 4) is 0 Å². The van der Waals surface area contributed by atoms with Crippen LogP contribution in [-0.4, -0.2) is 14.7 Å². The molecule has 0 saturated carbocycles. The van der Waals surface area contributed by atoms with E-state index in [-0.39, 0.29) is 0 Å². The summed E-state index contributed by atoms with van der Waals surface area (Å²) in [5, 5.41) is 11.0. The number of aliphatic hydroxyl groups is 1. The van der Waals surface area contributed by atoms with E-state index in [0.717, 1.165) is 0 Å². The summed E-state index contributed by atoms with van der Waals surface area (Å²) >= 11 is 11.8. The highest BCUT2D eigenvalue weighted by Crippen LogP contribution is 2.27. The lowest BCUT2D eigenvalue weighted by molar-refractivity contribution is 0.156. The van der Waals surface area contributed by atoms with Gasteiger partial charge in [-0.2, -0.15) is 0 Å². The van der Waals surface area contributed by atoms with Gasteiger partial charge in [0.2, 0.25) is 0 Å². The van der Waals surface area contributed by atoms with Crippen molar-refractivity contribution in [2.45, 2.75) is 12.6 Å². The fraction of sp³-hybridized carbons (Fsp3) is 0.182. The van der Waals surface area contributed by atoms with Crippen molar-refractivity contribution in [3.63, 3.8) is 0 Å². The SMILES string of the molecule is O[C@H](Cn1ccnc1)c1ccc(Cl)cc1Cl. The maximum absolute atomic E-state index is 9.99. The molecule has 0 fully saturated rings. The minimum absolute atomic E-state index is 0.418. The van der Waals surface area contributed by atoms with Gasteiger partial charge in [-0.05, 0) is 12.1 Å². The summed E-state index contributed by atoms with van der Waals surface area (Å²) in [5.74, 6) is 0. The number of hydrogen-bond donors (Lipinski definition) is 1. The average molecular weight is 257 g/mol. The summed E-state index contributed by atoms with van der Waals surface area (Å²) in [6, 6.07) is 5.06. The molecule has 16 heavy (non-hydrogen) atoms. The Hall–Kier alpha value is -1.03. The molecular weight excluding hydrogens is 247 g/mol. The van der Waals surface area contributed by atoms with Gasteiger partial charge in [0.15, 0.2) is 0 Å². The molecule has 0 aliphatic heterocycles. The van der Waals surface area contributed by atoms with Gasteiger partial charge in [-0.3, -0.25) is 0 Å². The predicted molar refractivity (Wildman–Crippen MR) is 63.6 cm³/mol. The van der Waals surface area contributed by atoms with Crippen LogP contribution in [0, 0.1) is 0 Å². The third-order valence-electron chi connectivity index (χ3n) is 2.26. The Morgan fingerprint density at radius 1 is 1.38 bits per heavy atom. The Labute approximate surface area is 103 Å². The van der Waals surface area contributed by atoms with Crippen molar-refractivity contribution < 1.29 is 5.11 Å². The molecule has 84 valence electrons. The summed E-state index contributed by atoms with van der Waals surface area (Å²) < 4.78 is 1.79. The number of hydrogen-bond acceptors (Lipinski definition) is 2. The highest BCUT2D eigenvalue weighted by atomic mass is 35.5. The number of rotatable bonds is 3. The average Bonchev–Trinajstić information content (AvgIpc) is 2.70. The minimum Gasteiger partial charge on any atom is -0.386 e. The minimum atomic E-state index is -0.668. The Kier molecular flexibility index (Phi) is 3.49. The van der Waals surface area contributed by atoms with Crippen molar-refractivity contribution in [1.82, 2.24) is 9.55 Å². The molecule has 1 aromatic heterocycles. The van der Waals surface area contributed by atoms with Crippen molar-refractivity contribution in [2.24, 2.45) is 0 Å². The van der Waals surface area contributed by atoms with E-state index in [0.29, 0.717) is 22.2 Å². The summed E-state index contributed by atoms with van der Waals surface area (Å²) in [7, 11) is 0. The van der Waals surface area contributed by atoms with Crippen LogP contribution >= 0.6 is 23.2 Å². The lowest BCUT2D eigenvalue weighted by Gasteiger charge is -2.13. The first-order valence-corrected chi connectivity index (χ1v) is 5.51. The molecule has 0 bridgehead atoms. The summed E-state index contributed by atoms with van der Waals surface area (Å²) in [5.41, 5.74) is 0.666. The van der Waals surface area contributed by atoms with Crippen LogP contribution in [0.25, 0.3) is 0 Å². The predicted octanol–water partition coefficient (Wildman–Crippen LogP) is 2.92. The van der Waals surface area contributed by atoms with Crippen LogP contribution in [0.2, 0.25) is 10.0 Å². The van der Waals surface area contributed by atoms with Crippen molar-refractivity contribution in [2.75, 3.05) is 0 Å². The number of benzene rings is 1. The molecule has 2 rings (SSSR count). The Morgan fingerprint density at radius 2 is 2.19 bits per heavy atom. The van der Waals surface area contributed by atoms with Crippen LogP contribution in [0.15, 0.2) is 36.9 Å². The van der Waals surface area contributed by atoms with E-state index in [1.54, 1.807) is 41.5 Å². The van der Waals surface area contributed by atoms with Gasteiger partial charge in [-0.25, -0.2) is 4.98 Å². The fourth-order valence-corrected chi connectivity index (χ4v) is 2.00. The van der Waals surface area contributed by atoms with Gasteiger partial charge < -0.3 is 9.67 Å². The molecule has 0 unspecified atom stereocenters. The van der Waals surface area contributed by atoms with Crippen molar-refractivity contribution in [3.05, 3.63) is 52.5 Å². The molecule has 0 radical (unpaired) electrons. The molecular formula is C11H10Cl2N2O. The molecule has 2 aromatic rings. The highest BCUT2D eigenvalue weighted by Gasteiger charge is 2.12. The first-order chi connectivity index (χ1) is 7.66. The highest BCUT2D eigenvalue weighted by molar-refractivity contribution is 6.35. The van der Waals surface area contributed by atoms with Crippen LogP contribution in [0.4, 0.5) is 0 Å². The smallest absolute Gasteiger partial charge is 0.0983 e. The van der Waals surface area contributed by atoms with Crippen LogP contribution in [0.3, 0.4) is 0 Å². The van der Waals surface area contributed by atoms with Gasteiger partial charge in [0.1, 0.15) is 0 Å². The van der Waals surface area contributed by atoms with Crippen molar-refractivity contribution in [1.29, 1.82) is 0 Å². The van der Waals surface area contributed by atoms with Gasteiger partial charge in [-0.15, -0.1) is 0 Å². The molecule has 0 saturated heterocycles. The second kappa shape index (κ2) is 4.87. The largest absolute Gasteiger partial charge is 0.386 e. The normalized spacial score (nSPS) is 12.7. The molecule has 3 nitrogen and oxygen atoms in total. The molecule has 0 amide bonds. The molecule has 0 aliphatic carbocycles. The number of aromatic nitrogens is 2.